The molecule has 0 saturated carbocycles. The minimum absolute atomic E-state index is 0. The Hall–Kier alpha value is -0.339. The molecule has 0 saturated heterocycles. The van der Waals surface area contributed by atoms with Crippen molar-refractivity contribution in [3.05, 3.63) is 54.4 Å². The Kier molecular flexibility index (Phi) is 7.25. The van der Waals surface area contributed by atoms with Gasteiger partial charge in [-0.25, -0.2) is 0 Å². The first kappa shape index (κ1) is 17.7. The van der Waals surface area contributed by atoms with Crippen molar-refractivity contribution in [2.75, 3.05) is 6.61 Å². The van der Waals surface area contributed by atoms with Crippen molar-refractivity contribution >= 4 is 12.4 Å². The average molecular weight is 305 g/mol. The van der Waals surface area contributed by atoms with E-state index >= 15 is 0 Å². The van der Waals surface area contributed by atoms with Gasteiger partial charge in [0.25, 0.3) is 0 Å². The summed E-state index contributed by atoms with van der Waals surface area (Å²) >= 11 is 0. The maximum Gasteiger partial charge on any atom is 1.00 e. The van der Waals surface area contributed by atoms with Gasteiger partial charge in [-0.1, -0.05) is 18.2 Å². The van der Waals surface area contributed by atoms with Crippen LogP contribution in [0.15, 0.2) is 48.8 Å². The van der Waals surface area contributed by atoms with Crippen LogP contribution in [0.2, 0.25) is 0 Å². The van der Waals surface area contributed by atoms with Crippen molar-refractivity contribution in [2.45, 2.75) is 6.42 Å². The number of aromatic nitrogens is 1. The van der Waals surface area contributed by atoms with Gasteiger partial charge in [-0.15, -0.1) is 5.46 Å². The molecule has 1 aromatic heterocycles. The Morgan fingerprint density at radius 1 is 1.05 bits per heavy atom. The van der Waals surface area contributed by atoms with Gasteiger partial charge < -0.3 is 17.7 Å². The molecular formula is C13H12BF3KNO. The zero-order valence-electron chi connectivity index (χ0n) is 11.1. The van der Waals surface area contributed by atoms with Crippen LogP contribution in [0.4, 0.5) is 12.9 Å². The molecule has 0 aliphatic carbocycles. The van der Waals surface area contributed by atoms with Crippen molar-refractivity contribution in [2.24, 2.45) is 0 Å². The van der Waals surface area contributed by atoms with Crippen molar-refractivity contribution in [1.29, 1.82) is 0 Å². The van der Waals surface area contributed by atoms with E-state index in [1.807, 2.05) is 12.1 Å². The summed E-state index contributed by atoms with van der Waals surface area (Å²) in [5.74, 6) is 0.438. The zero-order valence-corrected chi connectivity index (χ0v) is 14.2. The van der Waals surface area contributed by atoms with Crippen molar-refractivity contribution in [3.63, 3.8) is 0 Å². The molecule has 0 aliphatic heterocycles. The summed E-state index contributed by atoms with van der Waals surface area (Å²) in [6, 6.07) is 8.52. The van der Waals surface area contributed by atoms with Crippen LogP contribution in [0.25, 0.3) is 0 Å². The Labute approximate surface area is 158 Å². The van der Waals surface area contributed by atoms with Crippen LogP contribution in [0, 0.1) is 0 Å². The molecule has 0 spiro atoms. The van der Waals surface area contributed by atoms with Crippen molar-refractivity contribution < 1.29 is 69.1 Å². The summed E-state index contributed by atoms with van der Waals surface area (Å²) in [5, 5.41) is 0. The van der Waals surface area contributed by atoms with Crippen LogP contribution >= 0.6 is 0 Å². The standard InChI is InChI=1S/C13H12BF3NO.K/c15-14(16,17)12-3-5-13(6-4-12)19-9-7-11-2-1-8-18-10-11;/h1-6,8,10H,7,9H2;/q-1;+1. The molecule has 2 rings (SSSR count). The van der Waals surface area contributed by atoms with Gasteiger partial charge in [0.1, 0.15) is 5.75 Å². The quantitative estimate of drug-likeness (QED) is 0.712. The molecule has 0 fully saturated rings. The van der Waals surface area contributed by atoms with Gasteiger partial charge >= 0.3 is 58.4 Å². The smallest absolute Gasteiger partial charge is 0.493 e. The summed E-state index contributed by atoms with van der Waals surface area (Å²) in [4.78, 5) is 3.97. The number of nitrogens with zero attached hydrogens (tertiary/aromatic N) is 1. The van der Waals surface area contributed by atoms with E-state index in [1.54, 1.807) is 12.4 Å². The molecule has 0 radical (unpaired) electrons. The minimum Gasteiger partial charge on any atom is -0.493 e. The average Bonchev–Trinajstić information content (AvgIpc) is 2.39. The molecule has 0 atom stereocenters. The number of rotatable bonds is 5. The fourth-order valence-electron chi connectivity index (χ4n) is 1.62. The van der Waals surface area contributed by atoms with Gasteiger partial charge in [0.15, 0.2) is 0 Å². The molecule has 2 aromatic rings. The molecule has 0 N–H and O–H groups in total. The SMILES string of the molecule is F[B-](F)(F)c1ccc(OCCc2cccnc2)cc1.[K+]. The topological polar surface area (TPSA) is 22.1 Å². The summed E-state index contributed by atoms with van der Waals surface area (Å²) < 4.78 is 42.6. The van der Waals surface area contributed by atoms with Crippen LogP contribution in [0.5, 0.6) is 5.75 Å². The van der Waals surface area contributed by atoms with Crippen LogP contribution in [-0.2, 0) is 6.42 Å². The molecular weight excluding hydrogens is 293 g/mol. The molecule has 100 valence electrons. The van der Waals surface area contributed by atoms with Gasteiger partial charge in [0, 0.05) is 18.8 Å². The van der Waals surface area contributed by atoms with Gasteiger partial charge in [-0.3, -0.25) is 4.98 Å². The first-order valence-electron chi connectivity index (χ1n) is 5.87. The van der Waals surface area contributed by atoms with Gasteiger partial charge in [0.05, 0.1) is 6.61 Å². The molecule has 7 heteroatoms. The second-order valence-corrected chi connectivity index (χ2v) is 4.10. The molecule has 20 heavy (non-hydrogen) atoms. The van der Waals surface area contributed by atoms with E-state index in [2.05, 4.69) is 4.98 Å². The number of pyridine rings is 1. The third-order valence-corrected chi connectivity index (χ3v) is 2.64. The Bertz CT molecular complexity index is 519. The first-order valence-corrected chi connectivity index (χ1v) is 5.87. The Morgan fingerprint density at radius 3 is 2.30 bits per heavy atom. The minimum atomic E-state index is -4.94. The second-order valence-electron chi connectivity index (χ2n) is 4.10. The molecule has 1 heterocycles. The molecule has 2 nitrogen and oxygen atoms in total. The van der Waals surface area contributed by atoms with Crippen molar-refractivity contribution in [3.8, 4) is 5.75 Å². The first-order chi connectivity index (χ1) is 9.05. The van der Waals surface area contributed by atoms with E-state index < -0.39 is 12.4 Å². The number of halogens is 3. The van der Waals surface area contributed by atoms with Crippen LogP contribution in [0.3, 0.4) is 0 Å². The number of benzene rings is 1. The van der Waals surface area contributed by atoms with E-state index in [9.17, 15) is 12.9 Å². The summed E-state index contributed by atoms with van der Waals surface area (Å²) in [7, 11) is 0. The van der Waals surface area contributed by atoms with Gasteiger partial charge in [-0.05, 0) is 23.8 Å². The van der Waals surface area contributed by atoms with Crippen molar-refractivity contribution in [1.82, 2.24) is 4.98 Å². The number of ether oxygens (including phenoxy) is 1. The van der Waals surface area contributed by atoms with E-state index in [0.717, 1.165) is 17.7 Å². The Balaban J connectivity index is 0.00000200. The molecule has 0 aliphatic rings. The van der Waals surface area contributed by atoms with Crippen LogP contribution in [-0.4, -0.2) is 18.6 Å². The van der Waals surface area contributed by atoms with E-state index in [4.69, 9.17) is 4.74 Å². The molecule has 0 amide bonds. The van der Waals surface area contributed by atoms with Crippen LogP contribution in [0.1, 0.15) is 5.56 Å². The van der Waals surface area contributed by atoms with Crippen LogP contribution < -0.4 is 61.6 Å². The number of hydrogen-bond acceptors (Lipinski definition) is 2. The normalized spacial score (nSPS) is 10.8. The molecule has 1 aromatic carbocycles. The second kappa shape index (κ2) is 8.19. The monoisotopic (exact) mass is 305 g/mol. The summed E-state index contributed by atoms with van der Waals surface area (Å²) in [6.45, 7) is -4.53. The third kappa shape index (κ3) is 5.57. The zero-order chi connectivity index (χ0) is 13.7. The van der Waals surface area contributed by atoms with E-state index in [0.29, 0.717) is 18.8 Å². The maximum atomic E-state index is 12.4. The fourth-order valence-corrected chi connectivity index (χ4v) is 1.62. The van der Waals surface area contributed by atoms with Gasteiger partial charge in [-0.2, -0.15) is 0 Å². The molecule has 0 unspecified atom stereocenters. The summed E-state index contributed by atoms with van der Waals surface area (Å²) in [5.41, 5.74) is 0.414. The Morgan fingerprint density at radius 2 is 1.75 bits per heavy atom. The molecule has 0 bridgehead atoms. The fraction of sp³-hybridized carbons (Fsp3) is 0.154. The summed E-state index contributed by atoms with van der Waals surface area (Å²) in [6.07, 6.45) is 4.08. The predicted molar refractivity (Wildman–Crippen MR) is 68.6 cm³/mol. The predicted octanol–water partition coefficient (Wildman–Crippen LogP) is -0.239. The maximum absolute atomic E-state index is 12.4. The van der Waals surface area contributed by atoms with E-state index in [1.165, 1.54) is 12.1 Å². The van der Waals surface area contributed by atoms with E-state index in [-0.39, 0.29) is 51.4 Å². The number of hydrogen-bond donors (Lipinski definition) is 0. The third-order valence-electron chi connectivity index (χ3n) is 2.64. The van der Waals surface area contributed by atoms with Gasteiger partial charge in [0.2, 0.25) is 0 Å². The largest absolute Gasteiger partial charge is 1.00 e.